The summed E-state index contributed by atoms with van der Waals surface area (Å²) in [6.45, 7) is 1.00. The van der Waals surface area contributed by atoms with Gasteiger partial charge in [-0.2, -0.15) is 0 Å². The smallest absolute Gasteiger partial charge is 0.252 e. The van der Waals surface area contributed by atoms with Crippen LogP contribution in [0, 0.1) is 0 Å². The van der Waals surface area contributed by atoms with Crippen LogP contribution in [-0.4, -0.2) is 29.6 Å². The highest BCUT2D eigenvalue weighted by atomic mass is 79.9. The van der Waals surface area contributed by atoms with E-state index in [9.17, 15) is 4.79 Å². The number of hydrogen-bond donors (Lipinski definition) is 2. The molecule has 0 saturated carbocycles. The molecule has 16 heavy (non-hydrogen) atoms. The molecule has 2 aliphatic rings. The minimum atomic E-state index is -0.631. The molecule has 1 fully saturated rings. The Kier molecular flexibility index (Phi) is 2.15. The topological polar surface area (TPSA) is 63.2 Å². The lowest BCUT2D eigenvalue weighted by Crippen LogP contribution is -2.53. The maximum absolute atomic E-state index is 12.0. The zero-order chi connectivity index (χ0) is 11.2. The minimum absolute atomic E-state index is 0.0441. The van der Waals surface area contributed by atoms with Gasteiger partial charge >= 0.3 is 0 Å². The molecule has 0 aliphatic carbocycles. The van der Waals surface area contributed by atoms with Gasteiger partial charge in [0.25, 0.3) is 5.91 Å². The summed E-state index contributed by atoms with van der Waals surface area (Å²) in [6, 6.07) is 1.83. The largest absolute Gasteiger partial charge is 0.378 e. The quantitative estimate of drug-likeness (QED) is 0.755. The molecule has 6 heteroatoms. The number of pyridine rings is 1. The molecule has 1 aromatic heterocycles. The number of hydrogen-bond acceptors (Lipinski definition) is 4. The third-order valence-electron chi connectivity index (χ3n) is 2.92. The first-order chi connectivity index (χ1) is 7.70. The van der Waals surface area contributed by atoms with Gasteiger partial charge in [0.05, 0.1) is 12.3 Å². The Morgan fingerprint density at radius 2 is 2.44 bits per heavy atom. The molecule has 1 spiro atoms. The monoisotopic (exact) mass is 283 g/mol. The second-order valence-electron chi connectivity index (χ2n) is 4.01. The molecule has 1 aromatic rings. The average molecular weight is 284 g/mol. The molecule has 84 valence electrons. The molecule has 0 radical (unpaired) electrons. The average Bonchev–Trinajstić information content (AvgIpc) is 2.70. The SMILES string of the molecule is O=C1Nc2cc(Br)cnc2NC12CCOC2. The van der Waals surface area contributed by atoms with Gasteiger partial charge in [-0.05, 0) is 22.0 Å². The van der Waals surface area contributed by atoms with Gasteiger partial charge in [0, 0.05) is 23.7 Å². The van der Waals surface area contributed by atoms with Crippen molar-refractivity contribution >= 4 is 33.3 Å². The van der Waals surface area contributed by atoms with Gasteiger partial charge in [0.1, 0.15) is 5.54 Å². The highest BCUT2D eigenvalue weighted by Gasteiger charge is 2.45. The van der Waals surface area contributed by atoms with Crippen LogP contribution >= 0.6 is 15.9 Å². The third kappa shape index (κ3) is 1.41. The standard InChI is InChI=1S/C10H10BrN3O2/c11-6-3-7-8(12-4-6)14-10(9(15)13-7)1-2-16-5-10/h3-4H,1-2,5H2,(H,12,14)(H,13,15). The van der Waals surface area contributed by atoms with E-state index in [2.05, 4.69) is 31.5 Å². The van der Waals surface area contributed by atoms with E-state index in [0.29, 0.717) is 31.1 Å². The second kappa shape index (κ2) is 3.43. The molecule has 1 amide bonds. The summed E-state index contributed by atoms with van der Waals surface area (Å²) in [5.74, 6) is 0.658. The van der Waals surface area contributed by atoms with Crippen molar-refractivity contribution in [3.8, 4) is 0 Å². The molecule has 0 bridgehead atoms. The van der Waals surface area contributed by atoms with Crippen molar-refractivity contribution in [3.05, 3.63) is 16.7 Å². The number of ether oxygens (including phenoxy) is 1. The Morgan fingerprint density at radius 1 is 1.56 bits per heavy atom. The number of rotatable bonds is 0. The van der Waals surface area contributed by atoms with E-state index in [4.69, 9.17) is 4.74 Å². The van der Waals surface area contributed by atoms with E-state index < -0.39 is 5.54 Å². The van der Waals surface area contributed by atoms with Crippen molar-refractivity contribution in [3.63, 3.8) is 0 Å². The number of aromatic nitrogens is 1. The Labute approximate surface area is 101 Å². The Balaban J connectivity index is 2.01. The van der Waals surface area contributed by atoms with Gasteiger partial charge in [-0.15, -0.1) is 0 Å². The van der Waals surface area contributed by atoms with E-state index >= 15 is 0 Å². The molecule has 1 saturated heterocycles. The van der Waals surface area contributed by atoms with Crippen molar-refractivity contribution < 1.29 is 9.53 Å². The lowest BCUT2D eigenvalue weighted by molar-refractivity contribution is -0.120. The van der Waals surface area contributed by atoms with Crippen LogP contribution in [0.4, 0.5) is 11.5 Å². The highest BCUT2D eigenvalue weighted by Crippen LogP contribution is 2.34. The fraction of sp³-hybridized carbons (Fsp3) is 0.400. The number of nitrogens with zero attached hydrogens (tertiary/aromatic N) is 1. The van der Waals surface area contributed by atoms with Crippen molar-refractivity contribution in [1.29, 1.82) is 0 Å². The first-order valence-electron chi connectivity index (χ1n) is 5.03. The Hall–Kier alpha value is -1.14. The number of halogens is 1. The molecular formula is C10H10BrN3O2. The molecule has 0 aromatic carbocycles. The van der Waals surface area contributed by atoms with Gasteiger partial charge in [-0.3, -0.25) is 4.79 Å². The van der Waals surface area contributed by atoms with Gasteiger partial charge in [-0.1, -0.05) is 0 Å². The molecule has 3 heterocycles. The molecule has 1 unspecified atom stereocenters. The molecule has 2 N–H and O–H groups in total. The Morgan fingerprint density at radius 3 is 3.19 bits per heavy atom. The molecular weight excluding hydrogens is 274 g/mol. The normalized spacial score (nSPS) is 27.4. The van der Waals surface area contributed by atoms with E-state index in [1.165, 1.54) is 0 Å². The zero-order valence-electron chi connectivity index (χ0n) is 8.42. The van der Waals surface area contributed by atoms with Crippen molar-refractivity contribution in [2.45, 2.75) is 12.0 Å². The summed E-state index contributed by atoms with van der Waals surface area (Å²) in [7, 11) is 0. The zero-order valence-corrected chi connectivity index (χ0v) is 10.0. The number of anilines is 2. The van der Waals surface area contributed by atoms with Crippen LogP contribution in [0.2, 0.25) is 0 Å². The van der Waals surface area contributed by atoms with Crippen LogP contribution in [0.3, 0.4) is 0 Å². The predicted octanol–water partition coefficient (Wildman–Crippen LogP) is 1.37. The number of amides is 1. The fourth-order valence-corrected chi connectivity index (χ4v) is 2.33. The number of fused-ring (bicyclic) bond motifs is 1. The van der Waals surface area contributed by atoms with Crippen molar-refractivity contribution in [1.82, 2.24) is 4.98 Å². The van der Waals surface area contributed by atoms with E-state index in [0.717, 1.165) is 4.47 Å². The summed E-state index contributed by atoms with van der Waals surface area (Å²) in [5.41, 5.74) is 0.0743. The third-order valence-corrected chi connectivity index (χ3v) is 3.35. The lowest BCUT2D eigenvalue weighted by atomic mass is 9.95. The van der Waals surface area contributed by atoms with E-state index in [-0.39, 0.29) is 5.91 Å². The predicted molar refractivity (Wildman–Crippen MR) is 62.4 cm³/mol. The second-order valence-corrected chi connectivity index (χ2v) is 4.93. The highest BCUT2D eigenvalue weighted by molar-refractivity contribution is 9.10. The van der Waals surface area contributed by atoms with Crippen LogP contribution < -0.4 is 10.6 Å². The Bertz CT molecular complexity index is 457. The van der Waals surface area contributed by atoms with E-state index in [1.807, 2.05) is 6.07 Å². The maximum atomic E-state index is 12.0. The molecule has 2 aliphatic heterocycles. The number of nitrogens with one attached hydrogen (secondary N) is 2. The summed E-state index contributed by atoms with van der Waals surface area (Å²) in [5, 5.41) is 6.04. The van der Waals surface area contributed by atoms with Crippen LogP contribution in [0.5, 0.6) is 0 Å². The van der Waals surface area contributed by atoms with Crippen LogP contribution in [0.15, 0.2) is 16.7 Å². The summed E-state index contributed by atoms with van der Waals surface area (Å²) >= 11 is 3.32. The fourth-order valence-electron chi connectivity index (χ4n) is 2.00. The number of carbonyl (C=O) groups is 1. The molecule has 1 atom stereocenters. The van der Waals surface area contributed by atoms with Gasteiger partial charge in [-0.25, -0.2) is 4.98 Å². The molecule has 3 rings (SSSR count). The van der Waals surface area contributed by atoms with Gasteiger partial charge in [0.15, 0.2) is 5.82 Å². The summed E-state index contributed by atoms with van der Waals surface area (Å²) in [6.07, 6.45) is 2.38. The first-order valence-corrected chi connectivity index (χ1v) is 5.82. The minimum Gasteiger partial charge on any atom is -0.378 e. The molecule has 5 nitrogen and oxygen atoms in total. The lowest BCUT2D eigenvalue weighted by Gasteiger charge is -2.33. The van der Waals surface area contributed by atoms with Gasteiger partial charge in [0.2, 0.25) is 0 Å². The summed E-state index contributed by atoms with van der Waals surface area (Å²) in [4.78, 5) is 16.2. The number of carbonyl (C=O) groups excluding carboxylic acids is 1. The van der Waals surface area contributed by atoms with E-state index in [1.54, 1.807) is 6.20 Å². The van der Waals surface area contributed by atoms with Crippen LogP contribution in [0.25, 0.3) is 0 Å². The van der Waals surface area contributed by atoms with Crippen molar-refractivity contribution in [2.75, 3.05) is 23.8 Å². The summed E-state index contributed by atoms with van der Waals surface area (Å²) < 4.78 is 6.13. The van der Waals surface area contributed by atoms with Crippen molar-refractivity contribution in [2.24, 2.45) is 0 Å². The van der Waals surface area contributed by atoms with Gasteiger partial charge < -0.3 is 15.4 Å². The first kappa shape index (κ1) is 10.0. The van der Waals surface area contributed by atoms with Crippen LogP contribution in [0.1, 0.15) is 6.42 Å². The maximum Gasteiger partial charge on any atom is 0.252 e. The van der Waals surface area contributed by atoms with Crippen LogP contribution in [-0.2, 0) is 9.53 Å².